The largest absolute Gasteiger partial charge is 0.481 e. The molecule has 1 aromatic carbocycles. The van der Waals surface area contributed by atoms with Gasteiger partial charge in [-0.05, 0) is 12.1 Å². The Morgan fingerprint density at radius 2 is 1.74 bits per heavy atom. The van der Waals surface area contributed by atoms with Crippen molar-refractivity contribution in [1.82, 2.24) is 30.2 Å². The van der Waals surface area contributed by atoms with E-state index in [1.165, 1.54) is 19.9 Å². The van der Waals surface area contributed by atoms with Gasteiger partial charge in [0.25, 0.3) is 0 Å². The Hall–Kier alpha value is -3.42. The molecular weight excluding hydrogens is 845 g/mol. The first-order chi connectivity index (χ1) is 26.5. The highest BCUT2D eigenvalue weighted by atomic mass is 32.2. The first-order valence-electron chi connectivity index (χ1n) is 16.4. The third kappa shape index (κ3) is 13.3. The fourth-order valence-electron chi connectivity index (χ4n) is 5.02. The molecule has 2 aromatic heterocycles. The SMILES string of the molecule is CC(C)(COP(=O)(O)OP(=O)(O)OC[C@H]1O[C@@H](n2cnc3c(N)ncnc32)[C@H](O)[C@@H]1OP(=O)(O)O)[C@@H](O)C(=O)NCCC(=O)NCCSC(=O)c1cccc(N)c1. The molecule has 316 valence electrons. The van der Waals surface area contributed by atoms with Gasteiger partial charge in [0.1, 0.15) is 36.3 Å². The predicted molar refractivity (Wildman–Crippen MR) is 197 cm³/mol. The monoisotopic (exact) mass is 886 g/mol. The van der Waals surface area contributed by atoms with E-state index in [4.69, 9.17) is 25.3 Å². The van der Waals surface area contributed by atoms with Crippen molar-refractivity contribution < 1.29 is 80.5 Å². The van der Waals surface area contributed by atoms with Crippen LogP contribution in [-0.4, -0.2) is 123 Å². The molecule has 3 aromatic rings. The first-order valence-corrected chi connectivity index (χ1v) is 21.9. The van der Waals surface area contributed by atoms with Gasteiger partial charge in [0.2, 0.25) is 16.9 Å². The number of aliphatic hydroxyl groups excluding tert-OH is 2. The molecule has 0 spiro atoms. The summed E-state index contributed by atoms with van der Waals surface area (Å²) in [7, 11) is -16.4. The number of phosphoric ester groups is 3. The topological polar surface area (TPSA) is 390 Å². The molecule has 0 radical (unpaired) electrons. The third-order valence-electron chi connectivity index (χ3n) is 7.86. The lowest BCUT2D eigenvalue weighted by Crippen LogP contribution is -2.46. The van der Waals surface area contributed by atoms with Gasteiger partial charge < -0.3 is 56.6 Å². The summed E-state index contributed by atoms with van der Waals surface area (Å²) in [6, 6.07) is 6.42. The quantitative estimate of drug-likeness (QED) is 0.0390. The van der Waals surface area contributed by atoms with Crippen molar-refractivity contribution in [3.8, 4) is 0 Å². The lowest BCUT2D eigenvalue weighted by Gasteiger charge is -2.30. The Kier molecular flexibility index (Phi) is 15.5. The number of nitrogens with zero attached hydrogens (tertiary/aromatic N) is 4. The number of nitrogen functional groups attached to an aromatic ring is 2. The summed E-state index contributed by atoms with van der Waals surface area (Å²) in [4.78, 5) is 87.9. The summed E-state index contributed by atoms with van der Waals surface area (Å²) < 4.78 is 62.1. The summed E-state index contributed by atoms with van der Waals surface area (Å²) in [6.45, 7) is 0.379. The van der Waals surface area contributed by atoms with Gasteiger partial charge in [0.15, 0.2) is 17.7 Å². The number of nitrogens with one attached hydrogen (secondary N) is 2. The lowest BCUT2D eigenvalue weighted by molar-refractivity contribution is -0.137. The number of fused-ring (bicyclic) bond motifs is 1. The van der Waals surface area contributed by atoms with Gasteiger partial charge >= 0.3 is 23.5 Å². The van der Waals surface area contributed by atoms with Gasteiger partial charge in [0.05, 0.1) is 19.5 Å². The van der Waals surface area contributed by atoms with E-state index < -0.39 is 84.6 Å². The number of amides is 2. The Bertz CT molecular complexity index is 2070. The highest BCUT2D eigenvalue weighted by molar-refractivity contribution is 8.14. The van der Waals surface area contributed by atoms with Gasteiger partial charge in [-0.25, -0.2) is 28.6 Å². The number of carbonyl (C=O) groups excluding carboxylic acids is 3. The van der Waals surface area contributed by atoms with Crippen LogP contribution >= 0.6 is 35.2 Å². The number of aliphatic hydroxyl groups is 2. The summed E-state index contributed by atoms with van der Waals surface area (Å²) in [5, 5.41) is 26.1. The van der Waals surface area contributed by atoms with E-state index in [-0.39, 0.29) is 47.4 Å². The average Bonchev–Trinajstić information content (AvgIpc) is 3.68. The zero-order valence-electron chi connectivity index (χ0n) is 30.0. The fraction of sp³-hybridized carbons (Fsp3) is 0.500. The maximum atomic E-state index is 12.7. The summed E-state index contributed by atoms with van der Waals surface area (Å²) in [6.07, 6.45) is -6.98. The number of imidazole rings is 1. The Morgan fingerprint density at radius 1 is 1.04 bits per heavy atom. The van der Waals surface area contributed by atoms with E-state index in [2.05, 4.69) is 34.4 Å². The van der Waals surface area contributed by atoms with Gasteiger partial charge in [-0.1, -0.05) is 37.7 Å². The number of carbonyl (C=O) groups is 3. The predicted octanol–water partition coefficient (Wildman–Crippen LogP) is -0.439. The third-order valence-corrected chi connectivity index (χ3v) is 11.9. The summed E-state index contributed by atoms with van der Waals surface area (Å²) in [5.41, 5.74) is 10.8. The van der Waals surface area contributed by atoms with Crippen molar-refractivity contribution in [3.05, 3.63) is 42.5 Å². The lowest BCUT2D eigenvalue weighted by atomic mass is 9.87. The van der Waals surface area contributed by atoms with Gasteiger partial charge in [0, 0.05) is 41.9 Å². The second kappa shape index (κ2) is 19.1. The van der Waals surface area contributed by atoms with Crippen LogP contribution < -0.4 is 22.1 Å². The number of anilines is 2. The van der Waals surface area contributed by atoms with E-state index in [9.17, 15) is 57.9 Å². The molecule has 3 heterocycles. The molecule has 0 aliphatic carbocycles. The van der Waals surface area contributed by atoms with Gasteiger partial charge in [-0.2, -0.15) is 4.31 Å². The number of hydrogen-bond donors (Lipinski definition) is 10. The summed E-state index contributed by atoms with van der Waals surface area (Å²) >= 11 is 0.976. The number of phosphoric acid groups is 3. The number of benzene rings is 1. The molecule has 0 saturated carbocycles. The van der Waals surface area contributed by atoms with Crippen LogP contribution in [0.15, 0.2) is 36.9 Å². The number of aromatic nitrogens is 4. The van der Waals surface area contributed by atoms with E-state index in [1.807, 2.05) is 0 Å². The molecule has 57 heavy (non-hydrogen) atoms. The molecule has 2 amide bonds. The van der Waals surface area contributed by atoms with Crippen molar-refractivity contribution in [2.75, 3.05) is 43.5 Å². The molecule has 1 fully saturated rings. The number of rotatable bonds is 20. The zero-order chi connectivity index (χ0) is 42.3. The molecule has 0 bridgehead atoms. The van der Waals surface area contributed by atoms with E-state index in [0.717, 1.165) is 29.0 Å². The van der Waals surface area contributed by atoms with E-state index >= 15 is 0 Å². The van der Waals surface area contributed by atoms with Crippen LogP contribution in [0.5, 0.6) is 0 Å². The second-order valence-corrected chi connectivity index (χ2v) is 18.1. The second-order valence-electron chi connectivity index (χ2n) is 12.8. The van der Waals surface area contributed by atoms with Crippen molar-refractivity contribution in [2.45, 2.75) is 50.9 Å². The maximum absolute atomic E-state index is 12.7. The smallest absolute Gasteiger partial charge is 0.399 e. The molecule has 29 heteroatoms. The first kappa shape index (κ1) is 46.3. The minimum Gasteiger partial charge on any atom is -0.399 e. The molecule has 1 aliphatic heterocycles. The molecule has 1 saturated heterocycles. The van der Waals surface area contributed by atoms with Crippen molar-refractivity contribution >= 4 is 74.8 Å². The molecule has 4 rings (SSSR count). The van der Waals surface area contributed by atoms with E-state index in [0.29, 0.717) is 11.3 Å². The van der Waals surface area contributed by atoms with Crippen LogP contribution in [-0.2, 0) is 45.9 Å². The fourth-order valence-corrected chi connectivity index (χ4v) is 8.54. The number of hydrogen-bond acceptors (Lipinski definition) is 19. The Labute approximate surface area is 327 Å². The molecule has 1 aliphatic rings. The van der Waals surface area contributed by atoms with Crippen LogP contribution in [0.3, 0.4) is 0 Å². The maximum Gasteiger partial charge on any atom is 0.481 e. The normalized spacial score (nSPS) is 21.4. The molecular formula is C28H41N8O17P3S. The molecule has 25 nitrogen and oxygen atoms in total. The minimum atomic E-state index is -5.58. The van der Waals surface area contributed by atoms with Crippen LogP contribution in [0.2, 0.25) is 0 Å². The molecule has 12 N–H and O–H groups in total. The van der Waals surface area contributed by atoms with E-state index in [1.54, 1.807) is 18.2 Å². The average molecular weight is 887 g/mol. The zero-order valence-corrected chi connectivity index (χ0v) is 33.5. The van der Waals surface area contributed by atoms with Crippen LogP contribution in [0.1, 0.15) is 36.9 Å². The van der Waals surface area contributed by atoms with Crippen molar-refractivity contribution in [3.63, 3.8) is 0 Å². The van der Waals surface area contributed by atoms with Crippen LogP contribution in [0.4, 0.5) is 11.5 Å². The Balaban J connectivity index is 1.23. The number of nitrogens with two attached hydrogens (primary N) is 2. The standard InChI is InChI=1S/C28H41N8O17P3S/c1-28(2,22(39)25(40)32-7-6-18(37)31-8-9-57-27(41)15-4-3-5-16(29)10-15)12-50-56(47,48)53-55(45,46)49-11-17-21(52-54(42,43)44)20(38)26(51-17)36-14-35-19-23(30)33-13-34-24(19)36/h3-5,10,13-14,17,20-22,26,38-39H,6-9,11-12,29H2,1-2H3,(H,31,37)(H,32,40)(H,45,46)(H,47,48)(H2,30,33,34)(H2,42,43,44)/t17-,20-,21-,22+,26-/m1/s1. The van der Waals surface area contributed by atoms with Gasteiger partial charge in [-0.3, -0.25) is 32.5 Å². The highest BCUT2D eigenvalue weighted by Crippen LogP contribution is 2.61. The van der Waals surface area contributed by atoms with Gasteiger partial charge in [-0.15, -0.1) is 0 Å². The number of ether oxygens (including phenoxy) is 1. The number of thioether (sulfide) groups is 1. The Morgan fingerprint density at radius 3 is 2.42 bits per heavy atom. The van der Waals surface area contributed by atoms with Crippen LogP contribution in [0.25, 0.3) is 11.2 Å². The van der Waals surface area contributed by atoms with Crippen LogP contribution in [0, 0.1) is 5.41 Å². The molecule has 7 atom stereocenters. The molecule has 2 unspecified atom stereocenters. The minimum absolute atomic E-state index is 0.0267. The van der Waals surface area contributed by atoms with Crippen molar-refractivity contribution in [2.24, 2.45) is 5.41 Å². The summed E-state index contributed by atoms with van der Waals surface area (Å²) in [5.74, 6) is -1.24. The van der Waals surface area contributed by atoms with Crippen molar-refractivity contribution in [1.29, 1.82) is 0 Å². The highest BCUT2D eigenvalue weighted by Gasteiger charge is 2.50.